The number of benzene rings is 2. The van der Waals surface area contributed by atoms with Crippen LogP contribution in [0.4, 0.5) is 5.69 Å². The molecule has 4 nitrogen and oxygen atoms in total. The van der Waals surface area contributed by atoms with Crippen LogP contribution in [-0.2, 0) is 9.53 Å². The molecule has 2 aromatic carbocycles. The Bertz CT molecular complexity index is 764. The second kappa shape index (κ2) is 7.88. The van der Waals surface area contributed by atoms with Gasteiger partial charge in [0.25, 0.3) is 5.91 Å². The number of rotatable bonds is 4. The van der Waals surface area contributed by atoms with Gasteiger partial charge in [-0.3, -0.25) is 4.79 Å². The van der Waals surface area contributed by atoms with Crippen LogP contribution in [0.5, 0.6) is 0 Å². The fourth-order valence-electron chi connectivity index (χ4n) is 1.62. The lowest BCUT2D eigenvalue weighted by Crippen LogP contribution is -2.21. The fraction of sp³-hybridized carbons (Fsp3) is 0.0667. The van der Waals surface area contributed by atoms with E-state index in [9.17, 15) is 9.59 Å². The molecule has 8 heteroatoms. The molecule has 0 atom stereocenters. The van der Waals surface area contributed by atoms with E-state index in [4.69, 9.17) is 51.1 Å². The second-order valence-corrected chi connectivity index (χ2v) is 6.04. The van der Waals surface area contributed by atoms with Crippen molar-refractivity contribution in [2.24, 2.45) is 0 Å². The van der Waals surface area contributed by atoms with Crippen molar-refractivity contribution in [3.63, 3.8) is 0 Å². The van der Waals surface area contributed by atoms with Crippen molar-refractivity contribution in [1.29, 1.82) is 0 Å². The summed E-state index contributed by atoms with van der Waals surface area (Å²) in [6, 6.07) is 8.89. The average Bonchev–Trinajstić information content (AvgIpc) is 2.51. The van der Waals surface area contributed by atoms with Crippen molar-refractivity contribution in [2.45, 2.75) is 0 Å². The summed E-state index contributed by atoms with van der Waals surface area (Å²) in [5, 5.41) is 3.77. The maximum atomic E-state index is 11.8. The van der Waals surface area contributed by atoms with Gasteiger partial charge in [-0.15, -0.1) is 0 Å². The molecule has 23 heavy (non-hydrogen) atoms. The number of anilines is 1. The number of nitrogens with one attached hydrogen (secondary N) is 1. The predicted octanol–water partition coefficient (Wildman–Crippen LogP) is 5.10. The van der Waals surface area contributed by atoms with E-state index < -0.39 is 18.5 Å². The molecule has 0 aliphatic heterocycles. The summed E-state index contributed by atoms with van der Waals surface area (Å²) in [5.74, 6) is -1.25. The van der Waals surface area contributed by atoms with Crippen LogP contribution in [-0.4, -0.2) is 18.5 Å². The van der Waals surface area contributed by atoms with Gasteiger partial charge in [-0.25, -0.2) is 4.79 Å². The summed E-state index contributed by atoms with van der Waals surface area (Å²) in [5.41, 5.74) is 0.516. The smallest absolute Gasteiger partial charge is 0.338 e. The zero-order valence-electron chi connectivity index (χ0n) is 11.4. The van der Waals surface area contributed by atoms with Crippen LogP contribution in [0.2, 0.25) is 20.1 Å². The number of hydrogen-bond acceptors (Lipinski definition) is 3. The molecule has 1 amide bonds. The topological polar surface area (TPSA) is 55.4 Å². The molecular weight excluding hydrogens is 384 g/mol. The van der Waals surface area contributed by atoms with Gasteiger partial charge in [-0.2, -0.15) is 0 Å². The Morgan fingerprint density at radius 3 is 2.30 bits per heavy atom. The van der Waals surface area contributed by atoms with Crippen molar-refractivity contribution < 1.29 is 14.3 Å². The highest BCUT2D eigenvalue weighted by molar-refractivity contribution is 6.42. The van der Waals surface area contributed by atoms with E-state index in [0.29, 0.717) is 20.8 Å². The minimum Gasteiger partial charge on any atom is -0.452 e. The molecule has 2 aromatic rings. The van der Waals surface area contributed by atoms with Crippen molar-refractivity contribution >= 4 is 64.0 Å². The standard InChI is InChI=1S/C15H9Cl4NO3/c16-9-2-4-11(18)13(6-9)20-14(21)7-23-15(22)8-1-3-10(17)12(19)5-8/h1-6H,7H2,(H,20,21). The normalized spacial score (nSPS) is 10.3. The Morgan fingerprint density at radius 2 is 1.61 bits per heavy atom. The number of carbonyl (C=O) groups excluding carboxylic acids is 2. The number of carbonyl (C=O) groups is 2. The molecule has 0 saturated heterocycles. The maximum absolute atomic E-state index is 11.8. The summed E-state index contributed by atoms with van der Waals surface area (Å²) in [4.78, 5) is 23.6. The SMILES string of the molecule is O=C(COC(=O)c1ccc(Cl)c(Cl)c1)Nc1cc(Cl)ccc1Cl. The molecule has 0 saturated carbocycles. The van der Waals surface area contributed by atoms with Gasteiger partial charge in [0.15, 0.2) is 6.61 Å². The van der Waals surface area contributed by atoms with E-state index in [-0.39, 0.29) is 10.6 Å². The Balaban J connectivity index is 1.94. The van der Waals surface area contributed by atoms with Crippen LogP contribution in [0.25, 0.3) is 0 Å². The Kier molecular flexibility index (Phi) is 6.13. The van der Waals surface area contributed by atoms with Crippen molar-refractivity contribution in [3.8, 4) is 0 Å². The quantitative estimate of drug-likeness (QED) is 0.736. The van der Waals surface area contributed by atoms with Crippen LogP contribution in [0.15, 0.2) is 36.4 Å². The Morgan fingerprint density at radius 1 is 0.913 bits per heavy atom. The Hall–Kier alpha value is -1.46. The minimum absolute atomic E-state index is 0.188. The first kappa shape index (κ1) is 17.9. The summed E-state index contributed by atoms with van der Waals surface area (Å²) in [6.07, 6.45) is 0. The molecule has 0 unspecified atom stereocenters. The van der Waals surface area contributed by atoms with Crippen molar-refractivity contribution in [1.82, 2.24) is 0 Å². The van der Waals surface area contributed by atoms with Crippen LogP contribution in [0, 0.1) is 0 Å². The predicted molar refractivity (Wildman–Crippen MR) is 91.8 cm³/mol. The van der Waals surface area contributed by atoms with Crippen LogP contribution in [0.3, 0.4) is 0 Å². The number of esters is 1. The zero-order valence-corrected chi connectivity index (χ0v) is 14.4. The van der Waals surface area contributed by atoms with E-state index >= 15 is 0 Å². The first-order chi connectivity index (χ1) is 10.9. The van der Waals surface area contributed by atoms with Gasteiger partial charge in [0.05, 0.1) is 26.3 Å². The molecule has 1 N–H and O–H groups in total. The number of amides is 1. The molecule has 120 valence electrons. The van der Waals surface area contributed by atoms with Gasteiger partial charge >= 0.3 is 5.97 Å². The van der Waals surface area contributed by atoms with Crippen LogP contribution < -0.4 is 5.32 Å². The number of ether oxygens (including phenoxy) is 1. The lowest BCUT2D eigenvalue weighted by molar-refractivity contribution is -0.119. The van der Waals surface area contributed by atoms with Gasteiger partial charge in [0, 0.05) is 5.02 Å². The van der Waals surface area contributed by atoms with E-state index in [1.54, 1.807) is 12.1 Å². The molecule has 0 spiro atoms. The van der Waals surface area contributed by atoms with Gasteiger partial charge in [0.1, 0.15) is 0 Å². The second-order valence-electron chi connectivity index (χ2n) is 4.38. The van der Waals surface area contributed by atoms with Gasteiger partial charge in [-0.05, 0) is 36.4 Å². The number of hydrogen-bond donors (Lipinski definition) is 1. The first-order valence-electron chi connectivity index (χ1n) is 6.24. The highest BCUT2D eigenvalue weighted by Gasteiger charge is 2.13. The molecule has 0 aromatic heterocycles. The summed E-state index contributed by atoms with van der Waals surface area (Å²) in [7, 11) is 0. The first-order valence-corrected chi connectivity index (χ1v) is 7.75. The van der Waals surface area contributed by atoms with E-state index in [1.807, 2.05) is 0 Å². The summed E-state index contributed by atoms with van der Waals surface area (Å²) < 4.78 is 4.90. The van der Waals surface area contributed by atoms with E-state index in [1.165, 1.54) is 24.3 Å². The molecular formula is C15H9Cl4NO3. The largest absolute Gasteiger partial charge is 0.452 e. The third kappa shape index (κ3) is 5.01. The van der Waals surface area contributed by atoms with Crippen LogP contribution in [0.1, 0.15) is 10.4 Å². The van der Waals surface area contributed by atoms with Crippen molar-refractivity contribution in [2.75, 3.05) is 11.9 Å². The lowest BCUT2D eigenvalue weighted by Gasteiger charge is -2.08. The zero-order chi connectivity index (χ0) is 17.0. The third-order valence-corrected chi connectivity index (χ3v) is 4.00. The Labute approximate surface area is 152 Å². The average molecular weight is 393 g/mol. The molecule has 0 aliphatic carbocycles. The van der Waals surface area contributed by atoms with E-state index in [2.05, 4.69) is 5.32 Å². The molecule has 0 bridgehead atoms. The van der Waals surface area contributed by atoms with Gasteiger partial charge in [0.2, 0.25) is 0 Å². The lowest BCUT2D eigenvalue weighted by atomic mass is 10.2. The molecule has 0 fully saturated rings. The molecule has 0 radical (unpaired) electrons. The molecule has 2 rings (SSSR count). The molecule has 0 aliphatic rings. The van der Waals surface area contributed by atoms with Gasteiger partial charge in [-0.1, -0.05) is 46.4 Å². The summed E-state index contributed by atoms with van der Waals surface area (Å²) in [6.45, 7) is -0.484. The van der Waals surface area contributed by atoms with Gasteiger partial charge < -0.3 is 10.1 Å². The van der Waals surface area contributed by atoms with E-state index in [0.717, 1.165) is 0 Å². The highest BCUT2D eigenvalue weighted by atomic mass is 35.5. The summed E-state index contributed by atoms with van der Waals surface area (Å²) >= 11 is 23.3. The molecule has 0 heterocycles. The number of halogens is 4. The van der Waals surface area contributed by atoms with Crippen LogP contribution >= 0.6 is 46.4 Å². The third-order valence-electron chi connectivity index (χ3n) is 2.69. The van der Waals surface area contributed by atoms with Crippen molar-refractivity contribution in [3.05, 3.63) is 62.1 Å². The highest BCUT2D eigenvalue weighted by Crippen LogP contribution is 2.25. The minimum atomic E-state index is -0.698. The fourth-order valence-corrected chi connectivity index (χ4v) is 2.25. The monoisotopic (exact) mass is 391 g/mol. The maximum Gasteiger partial charge on any atom is 0.338 e.